The number of halogens is 1. The number of rotatable bonds is 8. The molecule has 1 fully saturated rings. The van der Waals surface area contributed by atoms with Crippen molar-refractivity contribution >= 4 is 15.9 Å². The third-order valence-electron chi connectivity index (χ3n) is 4.58. The number of hydrogen-bond acceptors (Lipinski definition) is 7. The minimum absolute atomic E-state index is 0.125. The minimum atomic E-state index is -3.48. The first-order valence-electron chi connectivity index (χ1n) is 9.32. The van der Waals surface area contributed by atoms with Crippen LogP contribution in [-0.2, 0) is 22.9 Å². The molecule has 3 rings (SSSR count). The Labute approximate surface area is 169 Å². The Bertz CT molecular complexity index is 955. The number of carbonyl (C=O) groups excluding carboxylic acids is 1. The van der Waals surface area contributed by atoms with Gasteiger partial charge in [-0.05, 0) is 18.1 Å². The fourth-order valence-electron chi connectivity index (χ4n) is 3.12. The van der Waals surface area contributed by atoms with Crippen molar-refractivity contribution in [3.8, 4) is 0 Å². The number of nitrogens with zero attached hydrogens (tertiary/aromatic N) is 5. The molecular weight excluding hydrogens is 401 g/mol. The summed E-state index contributed by atoms with van der Waals surface area (Å²) in [7, 11) is -3.48. The van der Waals surface area contributed by atoms with Gasteiger partial charge in [0.25, 0.3) is 5.91 Å². The number of sulfonamides is 1. The highest BCUT2D eigenvalue weighted by Crippen LogP contribution is 2.20. The standard InChI is InChI=1S/C18H24FN5O4S/c1-12(2)8-17-21-16(22-28-17)6-7-24(29(3,26)27)14-10-23(11-14)18(25)15-5-4-13(19)9-20-15/h4-5,9,12,14H,6-8,10-11H2,1-3H3. The van der Waals surface area contributed by atoms with E-state index in [1.165, 1.54) is 21.3 Å². The van der Waals surface area contributed by atoms with Crippen molar-refractivity contribution in [3.05, 3.63) is 41.6 Å². The Morgan fingerprint density at radius 2 is 2.10 bits per heavy atom. The lowest BCUT2D eigenvalue weighted by Gasteiger charge is -2.44. The Morgan fingerprint density at radius 1 is 1.38 bits per heavy atom. The number of likely N-dealkylation sites (tertiary alicyclic amines) is 1. The van der Waals surface area contributed by atoms with Crippen LogP contribution in [0.2, 0.25) is 0 Å². The SMILES string of the molecule is CC(C)Cc1nc(CCN(C2CN(C(=O)c3ccc(F)cn3)C2)S(C)(=O)=O)no1. The Kier molecular flexibility index (Phi) is 6.27. The van der Waals surface area contributed by atoms with Crippen LogP contribution in [0.25, 0.3) is 0 Å². The van der Waals surface area contributed by atoms with Gasteiger partial charge in [0.15, 0.2) is 5.82 Å². The molecule has 0 saturated carbocycles. The lowest BCUT2D eigenvalue weighted by molar-refractivity contribution is 0.0448. The van der Waals surface area contributed by atoms with E-state index in [0.717, 1.165) is 12.5 Å². The van der Waals surface area contributed by atoms with E-state index in [1.54, 1.807) is 0 Å². The molecular formula is C18H24FN5O4S. The second kappa shape index (κ2) is 8.54. The molecule has 2 aromatic heterocycles. The highest BCUT2D eigenvalue weighted by molar-refractivity contribution is 7.88. The summed E-state index contributed by atoms with van der Waals surface area (Å²) in [6.45, 7) is 4.77. The molecule has 0 aliphatic carbocycles. The third kappa shape index (κ3) is 5.36. The van der Waals surface area contributed by atoms with Crippen LogP contribution in [0.15, 0.2) is 22.9 Å². The van der Waals surface area contributed by atoms with E-state index in [9.17, 15) is 17.6 Å². The Balaban J connectivity index is 1.58. The van der Waals surface area contributed by atoms with Gasteiger partial charge in [0.05, 0.1) is 18.5 Å². The van der Waals surface area contributed by atoms with Crippen molar-refractivity contribution in [1.29, 1.82) is 0 Å². The van der Waals surface area contributed by atoms with Crippen LogP contribution < -0.4 is 0 Å². The first kappa shape index (κ1) is 21.3. The van der Waals surface area contributed by atoms with E-state index in [0.29, 0.717) is 30.5 Å². The van der Waals surface area contributed by atoms with Crippen molar-refractivity contribution in [1.82, 2.24) is 24.3 Å². The van der Waals surface area contributed by atoms with Gasteiger partial charge in [0.2, 0.25) is 15.9 Å². The maximum atomic E-state index is 13.0. The number of aromatic nitrogens is 3. The number of hydrogen-bond donors (Lipinski definition) is 0. The van der Waals surface area contributed by atoms with Gasteiger partial charge >= 0.3 is 0 Å². The van der Waals surface area contributed by atoms with Crippen molar-refractivity contribution < 1.29 is 22.1 Å². The number of carbonyl (C=O) groups is 1. The van der Waals surface area contributed by atoms with Gasteiger partial charge in [-0.1, -0.05) is 19.0 Å². The summed E-state index contributed by atoms with van der Waals surface area (Å²) in [5.41, 5.74) is 0.125. The fourth-order valence-corrected chi connectivity index (χ4v) is 4.22. The first-order chi connectivity index (χ1) is 13.6. The van der Waals surface area contributed by atoms with Crippen LogP contribution in [0.4, 0.5) is 4.39 Å². The van der Waals surface area contributed by atoms with E-state index >= 15 is 0 Å². The lowest BCUT2D eigenvalue weighted by Crippen LogP contribution is -2.62. The topological polar surface area (TPSA) is 110 Å². The molecule has 158 valence electrons. The zero-order valence-electron chi connectivity index (χ0n) is 16.6. The molecule has 1 aliphatic heterocycles. The van der Waals surface area contributed by atoms with Crippen LogP contribution >= 0.6 is 0 Å². The Morgan fingerprint density at radius 3 is 2.69 bits per heavy atom. The summed E-state index contributed by atoms with van der Waals surface area (Å²) in [5, 5.41) is 3.91. The van der Waals surface area contributed by atoms with Gasteiger partial charge in [0, 0.05) is 32.5 Å². The molecule has 1 amide bonds. The van der Waals surface area contributed by atoms with Crippen molar-refractivity contribution in [2.75, 3.05) is 25.9 Å². The summed E-state index contributed by atoms with van der Waals surface area (Å²) in [6.07, 6.45) is 3.10. The number of pyridine rings is 1. The summed E-state index contributed by atoms with van der Waals surface area (Å²) < 4.78 is 43.9. The molecule has 0 bridgehead atoms. The average molecular weight is 425 g/mol. The summed E-state index contributed by atoms with van der Waals surface area (Å²) in [5.74, 6) is 0.491. The largest absolute Gasteiger partial charge is 0.339 e. The van der Waals surface area contributed by atoms with E-state index in [-0.39, 0.29) is 37.3 Å². The third-order valence-corrected chi connectivity index (χ3v) is 5.91. The van der Waals surface area contributed by atoms with Gasteiger partial charge in [0.1, 0.15) is 11.5 Å². The van der Waals surface area contributed by atoms with Crippen LogP contribution in [0.3, 0.4) is 0 Å². The van der Waals surface area contributed by atoms with Gasteiger partial charge in [-0.15, -0.1) is 0 Å². The molecule has 9 nitrogen and oxygen atoms in total. The molecule has 0 radical (unpaired) electrons. The van der Waals surface area contributed by atoms with Crippen LogP contribution in [-0.4, -0.2) is 70.6 Å². The van der Waals surface area contributed by atoms with Crippen molar-refractivity contribution in [2.45, 2.75) is 32.7 Å². The smallest absolute Gasteiger partial charge is 0.272 e. The Hall–Kier alpha value is -2.40. The van der Waals surface area contributed by atoms with Gasteiger partial charge < -0.3 is 9.42 Å². The fraction of sp³-hybridized carbons (Fsp3) is 0.556. The van der Waals surface area contributed by atoms with Gasteiger partial charge in [-0.25, -0.2) is 17.8 Å². The normalized spacial score (nSPS) is 15.2. The molecule has 11 heteroatoms. The zero-order chi connectivity index (χ0) is 21.2. The van der Waals surface area contributed by atoms with Crippen LogP contribution in [0.5, 0.6) is 0 Å². The molecule has 1 saturated heterocycles. The lowest BCUT2D eigenvalue weighted by atomic mass is 10.1. The van der Waals surface area contributed by atoms with E-state index in [2.05, 4.69) is 15.1 Å². The molecule has 2 aromatic rings. The molecule has 3 heterocycles. The average Bonchev–Trinajstić information content (AvgIpc) is 3.02. The first-order valence-corrected chi connectivity index (χ1v) is 11.2. The molecule has 29 heavy (non-hydrogen) atoms. The molecule has 0 aromatic carbocycles. The molecule has 1 aliphatic rings. The quantitative estimate of drug-likeness (QED) is 0.624. The maximum absolute atomic E-state index is 13.0. The van der Waals surface area contributed by atoms with E-state index in [4.69, 9.17) is 4.52 Å². The predicted octanol–water partition coefficient (Wildman–Crippen LogP) is 1.13. The summed E-state index contributed by atoms with van der Waals surface area (Å²) in [6, 6.07) is 2.14. The zero-order valence-corrected chi connectivity index (χ0v) is 17.4. The summed E-state index contributed by atoms with van der Waals surface area (Å²) >= 11 is 0. The highest BCUT2D eigenvalue weighted by atomic mass is 32.2. The second-order valence-electron chi connectivity index (χ2n) is 7.55. The molecule has 0 N–H and O–H groups in total. The minimum Gasteiger partial charge on any atom is -0.339 e. The van der Waals surface area contributed by atoms with Crippen LogP contribution in [0.1, 0.15) is 36.1 Å². The highest BCUT2D eigenvalue weighted by Gasteiger charge is 2.39. The number of amides is 1. The molecule has 0 atom stereocenters. The maximum Gasteiger partial charge on any atom is 0.272 e. The van der Waals surface area contributed by atoms with Gasteiger partial charge in [-0.3, -0.25) is 4.79 Å². The predicted molar refractivity (Wildman–Crippen MR) is 102 cm³/mol. The summed E-state index contributed by atoms with van der Waals surface area (Å²) in [4.78, 5) is 21.9. The van der Waals surface area contributed by atoms with E-state index in [1.807, 2.05) is 13.8 Å². The molecule has 0 spiro atoms. The molecule has 0 unspecified atom stereocenters. The van der Waals surface area contributed by atoms with Gasteiger partial charge in [-0.2, -0.15) is 9.29 Å². The van der Waals surface area contributed by atoms with Crippen molar-refractivity contribution in [2.24, 2.45) is 5.92 Å². The second-order valence-corrected chi connectivity index (χ2v) is 9.49. The van der Waals surface area contributed by atoms with Crippen LogP contribution in [0, 0.1) is 11.7 Å². The monoisotopic (exact) mass is 425 g/mol. The van der Waals surface area contributed by atoms with Crippen molar-refractivity contribution in [3.63, 3.8) is 0 Å². The van der Waals surface area contributed by atoms with E-state index < -0.39 is 15.8 Å².